The van der Waals surface area contributed by atoms with E-state index in [-0.39, 0.29) is 5.56 Å². The van der Waals surface area contributed by atoms with Crippen molar-refractivity contribution < 1.29 is 17.9 Å². The highest BCUT2D eigenvalue weighted by Gasteiger charge is 2.38. The molecule has 0 atom stereocenters. The zero-order valence-electron chi connectivity index (χ0n) is 10.1. The smallest absolute Gasteiger partial charge is 0.435 e. The van der Waals surface area contributed by atoms with Crippen molar-refractivity contribution in [2.75, 3.05) is 7.11 Å². The minimum Gasteiger partial charge on any atom is -0.496 e. The van der Waals surface area contributed by atoms with Crippen LogP contribution < -0.4 is 4.74 Å². The molecule has 0 saturated carbocycles. The van der Waals surface area contributed by atoms with Crippen molar-refractivity contribution in [1.29, 1.82) is 0 Å². The lowest BCUT2D eigenvalue weighted by Gasteiger charge is -2.11. The molecule has 102 valence electrons. The maximum absolute atomic E-state index is 13.0. The fourth-order valence-corrected chi connectivity index (χ4v) is 2.33. The molecule has 2 rings (SSSR count). The number of ether oxygens (including phenoxy) is 1. The molecule has 0 radical (unpaired) electrons. The van der Waals surface area contributed by atoms with Crippen LogP contribution in [0.3, 0.4) is 0 Å². The fraction of sp³-hybridized carbons (Fsp3) is 0.250. The Labute approximate surface area is 121 Å². The van der Waals surface area contributed by atoms with Gasteiger partial charge in [-0.25, -0.2) is 0 Å². The molecule has 1 aromatic heterocycles. The van der Waals surface area contributed by atoms with E-state index in [2.05, 4.69) is 10.2 Å². The number of aromatic nitrogens is 2. The molecule has 3 nitrogen and oxygen atoms in total. The lowest BCUT2D eigenvalue weighted by molar-refractivity contribution is -0.140. The van der Waals surface area contributed by atoms with E-state index in [1.807, 2.05) is 22.6 Å². The number of aromatic amines is 1. The number of hydrogen-bond acceptors (Lipinski definition) is 2. The van der Waals surface area contributed by atoms with Crippen molar-refractivity contribution in [3.63, 3.8) is 0 Å². The molecule has 0 fully saturated rings. The first-order chi connectivity index (χ1) is 8.84. The Morgan fingerprint density at radius 1 is 1.32 bits per heavy atom. The normalized spacial score (nSPS) is 11.7. The van der Waals surface area contributed by atoms with Gasteiger partial charge in [-0.2, -0.15) is 18.3 Å². The van der Waals surface area contributed by atoms with E-state index in [4.69, 9.17) is 4.74 Å². The van der Waals surface area contributed by atoms with Gasteiger partial charge in [0.05, 0.1) is 7.11 Å². The van der Waals surface area contributed by atoms with Crippen molar-refractivity contribution in [3.8, 4) is 16.9 Å². The predicted octanol–water partition coefficient (Wildman–Crippen LogP) is 4.02. The standard InChI is InChI=1S/C12H10F3IN2O/c1-6-10(11(18-17-6)12(13,14)15)8-5-7(16)3-4-9(8)19-2/h3-5H,1-2H3,(H,17,18). The molecular weight excluding hydrogens is 372 g/mol. The Morgan fingerprint density at radius 3 is 2.58 bits per heavy atom. The van der Waals surface area contributed by atoms with Crippen molar-refractivity contribution >= 4 is 22.6 Å². The summed E-state index contributed by atoms with van der Waals surface area (Å²) in [5.74, 6) is 0.385. The summed E-state index contributed by atoms with van der Waals surface area (Å²) in [5.41, 5.74) is -0.159. The molecule has 19 heavy (non-hydrogen) atoms. The van der Waals surface area contributed by atoms with Gasteiger partial charge in [0.2, 0.25) is 0 Å². The molecule has 0 aliphatic heterocycles. The van der Waals surface area contributed by atoms with Crippen molar-refractivity contribution in [2.45, 2.75) is 13.1 Å². The highest BCUT2D eigenvalue weighted by molar-refractivity contribution is 14.1. The SMILES string of the molecule is COc1ccc(I)cc1-c1c(C(F)(F)F)n[nH]c1C. The van der Waals surface area contributed by atoms with Gasteiger partial charge >= 0.3 is 6.18 Å². The number of aryl methyl sites for hydroxylation is 1. The molecule has 7 heteroatoms. The van der Waals surface area contributed by atoms with Crippen LogP contribution >= 0.6 is 22.6 Å². The van der Waals surface area contributed by atoms with Crippen molar-refractivity contribution in [1.82, 2.24) is 10.2 Å². The molecule has 0 saturated heterocycles. The Kier molecular flexibility index (Phi) is 3.75. The number of H-pyrrole nitrogens is 1. The van der Waals surface area contributed by atoms with E-state index in [0.717, 1.165) is 3.57 Å². The third-order valence-corrected chi connectivity index (χ3v) is 3.32. The van der Waals surface area contributed by atoms with Crippen LogP contribution in [0.1, 0.15) is 11.4 Å². The van der Waals surface area contributed by atoms with Gasteiger partial charge in [0.25, 0.3) is 0 Å². The Morgan fingerprint density at radius 2 is 2.00 bits per heavy atom. The van der Waals surface area contributed by atoms with Gasteiger partial charge in [0, 0.05) is 20.4 Å². The summed E-state index contributed by atoms with van der Waals surface area (Å²) in [6.07, 6.45) is -4.51. The first-order valence-corrected chi connectivity index (χ1v) is 6.38. The van der Waals surface area contributed by atoms with E-state index in [1.54, 1.807) is 25.1 Å². The maximum Gasteiger partial charge on any atom is 0.435 e. The monoisotopic (exact) mass is 382 g/mol. The lowest BCUT2D eigenvalue weighted by atomic mass is 10.0. The van der Waals surface area contributed by atoms with Gasteiger partial charge in [0.15, 0.2) is 5.69 Å². The van der Waals surface area contributed by atoms with E-state index in [0.29, 0.717) is 17.0 Å². The van der Waals surface area contributed by atoms with E-state index < -0.39 is 11.9 Å². The van der Waals surface area contributed by atoms with Crippen LogP contribution in [0.2, 0.25) is 0 Å². The van der Waals surface area contributed by atoms with E-state index >= 15 is 0 Å². The van der Waals surface area contributed by atoms with Crippen LogP contribution in [0.25, 0.3) is 11.1 Å². The first-order valence-electron chi connectivity index (χ1n) is 5.30. The number of alkyl halides is 3. The Balaban J connectivity index is 2.72. The average molecular weight is 382 g/mol. The second-order valence-corrected chi connectivity index (χ2v) is 5.16. The van der Waals surface area contributed by atoms with Crippen molar-refractivity contribution in [3.05, 3.63) is 33.2 Å². The average Bonchev–Trinajstić information content (AvgIpc) is 2.70. The van der Waals surface area contributed by atoms with Gasteiger partial charge in [-0.1, -0.05) is 0 Å². The minimum absolute atomic E-state index is 0.0304. The van der Waals surface area contributed by atoms with Gasteiger partial charge in [-0.3, -0.25) is 5.10 Å². The number of nitrogens with zero attached hydrogens (tertiary/aromatic N) is 1. The summed E-state index contributed by atoms with van der Waals surface area (Å²) in [5, 5.41) is 5.75. The van der Waals surface area contributed by atoms with Gasteiger partial charge in [-0.05, 0) is 47.7 Å². The third-order valence-electron chi connectivity index (χ3n) is 2.65. The zero-order chi connectivity index (χ0) is 14.2. The molecular formula is C12H10F3IN2O. The largest absolute Gasteiger partial charge is 0.496 e. The number of rotatable bonds is 2. The molecule has 0 amide bonds. The number of benzene rings is 1. The van der Waals surface area contributed by atoms with Crippen LogP contribution in [-0.2, 0) is 6.18 Å². The molecule has 2 aromatic rings. The molecule has 1 heterocycles. The molecule has 0 aliphatic carbocycles. The van der Waals surface area contributed by atoms with Gasteiger partial charge in [-0.15, -0.1) is 0 Å². The molecule has 1 aromatic carbocycles. The van der Waals surface area contributed by atoms with Crippen molar-refractivity contribution in [2.24, 2.45) is 0 Å². The number of methoxy groups -OCH3 is 1. The summed E-state index contributed by atoms with van der Waals surface area (Å²) in [6, 6.07) is 5.06. The topological polar surface area (TPSA) is 37.9 Å². The van der Waals surface area contributed by atoms with Crippen LogP contribution in [-0.4, -0.2) is 17.3 Å². The van der Waals surface area contributed by atoms with Gasteiger partial charge < -0.3 is 4.74 Å². The van der Waals surface area contributed by atoms with Crippen LogP contribution in [0.5, 0.6) is 5.75 Å². The fourth-order valence-electron chi connectivity index (χ4n) is 1.84. The highest BCUT2D eigenvalue weighted by atomic mass is 127. The second-order valence-electron chi connectivity index (χ2n) is 3.91. The minimum atomic E-state index is -4.51. The van der Waals surface area contributed by atoms with Gasteiger partial charge in [0.1, 0.15) is 5.75 Å². The maximum atomic E-state index is 13.0. The van der Waals surface area contributed by atoms with Crippen LogP contribution in [0, 0.1) is 10.5 Å². The van der Waals surface area contributed by atoms with E-state index in [9.17, 15) is 13.2 Å². The Hall–Kier alpha value is -1.25. The highest BCUT2D eigenvalue weighted by Crippen LogP contribution is 2.41. The molecule has 0 unspecified atom stereocenters. The van der Waals surface area contributed by atoms with Crippen LogP contribution in [0.15, 0.2) is 18.2 Å². The molecule has 0 aliphatic rings. The molecule has 0 spiro atoms. The zero-order valence-corrected chi connectivity index (χ0v) is 12.3. The number of nitrogens with one attached hydrogen (secondary N) is 1. The number of halogens is 4. The summed E-state index contributed by atoms with van der Waals surface area (Å²) in [6.45, 7) is 1.55. The summed E-state index contributed by atoms with van der Waals surface area (Å²) in [7, 11) is 1.42. The van der Waals surface area contributed by atoms with E-state index in [1.165, 1.54) is 7.11 Å². The first kappa shape index (κ1) is 14.2. The van der Waals surface area contributed by atoms with Crippen LogP contribution in [0.4, 0.5) is 13.2 Å². The third kappa shape index (κ3) is 2.70. The second kappa shape index (κ2) is 5.03. The summed E-state index contributed by atoms with van der Waals surface area (Å²) in [4.78, 5) is 0. The summed E-state index contributed by atoms with van der Waals surface area (Å²) >= 11 is 2.04. The lowest BCUT2D eigenvalue weighted by Crippen LogP contribution is -2.07. The predicted molar refractivity (Wildman–Crippen MR) is 73.0 cm³/mol. The number of hydrogen-bond donors (Lipinski definition) is 1. The summed E-state index contributed by atoms with van der Waals surface area (Å²) < 4.78 is 44.8. The Bertz CT molecular complexity index is 608. The quantitative estimate of drug-likeness (QED) is 0.797. The molecule has 1 N–H and O–H groups in total. The molecule has 0 bridgehead atoms.